The van der Waals surface area contributed by atoms with Crippen LogP contribution >= 0.6 is 24.0 Å². The molecule has 8 heteroatoms. The van der Waals surface area contributed by atoms with E-state index in [0.717, 1.165) is 23.9 Å². The summed E-state index contributed by atoms with van der Waals surface area (Å²) in [4.78, 5) is 25.0. The number of hydrogen-bond acceptors (Lipinski definition) is 4. The summed E-state index contributed by atoms with van der Waals surface area (Å²) in [6, 6.07) is 10.8. The lowest BCUT2D eigenvalue weighted by molar-refractivity contribution is -0.137. The highest BCUT2D eigenvalue weighted by molar-refractivity contribution is 8.26. The predicted octanol–water partition coefficient (Wildman–Crippen LogP) is 4.70. The molecule has 2 aromatic carbocycles. The number of carbonyl (C=O) groups is 2. The number of aliphatic carboxylic acids is 1. The monoisotopic (exact) mass is 419 g/mol. The summed E-state index contributed by atoms with van der Waals surface area (Å²) in [6.45, 7) is 0.253. The SMILES string of the molecule is O=C(O)CCCN1C(=O)/C(=C/c2cccc(-c3ccc(F)c(F)c3)c2)SC1=S. The molecule has 0 bridgehead atoms. The topological polar surface area (TPSA) is 57.6 Å². The summed E-state index contributed by atoms with van der Waals surface area (Å²) < 4.78 is 27.0. The quantitative estimate of drug-likeness (QED) is 0.543. The largest absolute Gasteiger partial charge is 0.481 e. The molecule has 0 spiro atoms. The van der Waals surface area contributed by atoms with Crippen molar-refractivity contribution in [2.45, 2.75) is 12.8 Å². The van der Waals surface area contributed by atoms with Gasteiger partial charge in [-0.3, -0.25) is 14.5 Å². The van der Waals surface area contributed by atoms with E-state index in [-0.39, 0.29) is 18.9 Å². The Hall–Kier alpha value is -2.58. The number of benzene rings is 2. The Morgan fingerprint density at radius 1 is 1.14 bits per heavy atom. The molecular formula is C20H15F2NO3S2. The molecule has 1 heterocycles. The first-order valence-electron chi connectivity index (χ1n) is 8.38. The molecule has 0 aliphatic carbocycles. The fourth-order valence-corrected chi connectivity index (χ4v) is 4.02. The van der Waals surface area contributed by atoms with Crippen molar-refractivity contribution in [2.75, 3.05) is 6.54 Å². The number of carboxylic acid groups (broad SMARTS) is 1. The van der Waals surface area contributed by atoms with E-state index >= 15 is 0 Å². The van der Waals surface area contributed by atoms with Gasteiger partial charge in [0.15, 0.2) is 11.6 Å². The molecular weight excluding hydrogens is 404 g/mol. The number of thiocarbonyl (C=S) groups is 1. The molecule has 0 atom stereocenters. The maximum atomic E-state index is 13.5. The number of rotatable bonds is 6. The second-order valence-electron chi connectivity index (χ2n) is 6.08. The molecule has 2 aromatic rings. The van der Waals surface area contributed by atoms with Gasteiger partial charge >= 0.3 is 5.97 Å². The molecule has 144 valence electrons. The van der Waals surface area contributed by atoms with Gasteiger partial charge in [-0.05, 0) is 47.4 Å². The van der Waals surface area contributed by atoms with Crippen LogP contribution in [0.3, 0.4) is 0 Å². The van der Waals surface area contributed by atoms with Gasteiger partial charge in [-0.2, -0.15) is 0 Å². The number of nitrogens with zero attached hydrogens (tertiary/aromatic N) is 1. The number of hydrogen-bond donors (Lipinski definition) is 1. The van der Waals surface area contributed by atoms with Crippen molar-refractivity contribution in [3.05, 3.63) is 64.6 Å². The van der Waals surface area contributed by atoms with Gasteiger partial charge in [-0.1, -0.05) is 48.2 Å². The highest BCUT2D eigenvalue weighted by Gasteiger charge is 2.31. The molecule has 1 fully saturated rings. The zero-order chi connectivity index (χ0) is 20.3. The number of thioether (sulfide) groups is 1. The molecule has 0 saturated carbocycles. The summed E-state index contributed by atoms with van der Waals surface area (Å²) in [6.07, 6.45) is 1.97. The molecule has 4 nitrogen and oxygen atoms in total. The van der Waals surface area contributed by atoms with Crippen molar-refractivity contribution in [1.82, 2.24) is 4.90 Å². The fraction of sp³-hybridized carbons (Fsp3) is 0.150. The first kappa shape index (κ1) is 20.2. The first-order valence-corrected chi connectivity index (χ1v) is 9.60. The lowest BCUT2D eigenvalue weighted by Gasteiger charge is -2.13. The second kappa shape index (κ2) is 8.62. The minimum atomic E-state index is -0.926. The Kier molecular flexibility index (Phi) is 6.21. The Bertz CT molecular complexity index is 991. The van der Waals surface area contributed by atoms with Crippen molar-refractivity contribution in [3.8, 4) is 11.1 Å². The molecule has 0 radical (unpaired) electrons. The molecule has 1 N–H and O–H groups in total. The predicted molar refractivity (Wildman–Crippen MR) is 109 cm³/mol. The Balaban J connectivity index is 1.80. The molecule has 0 aromatic heterocycles. The van der Waals surface area contributed by atoms with E-state index in [0.29, 0.717) is 32.3 Å². The van der Waals surface area contributed by atoms with Gasteiger partial charge in [-0.15, -0.1) is 0 Å². The standard InChI is InChI=1S/C20H15F2NO3S2/c21-15-7-6-14(11-16(15)22)13-4-1-3-12(9-13)10-17-19(26)23(20(27)28-17)8-2-5-18(24)25/h1,3-4,6-7,9-11H,2,5,8H2,(H,24,25)/b17-10-. The van der Waals surface area contributed by atoms with E-state index in [1.807, 2.05) is 0 Å². The van der Waals surface area contributed by atoms with Gasteiger partial charge in [0.25, 0.3) is 5.91 Å². The van der Waals surface area contributed by atoms with E-state index in [1.165, 1.54) is 11.0 Å². The molecule has 1 aliphatic heterocycles. The van der Waals surface area contributed by atoms with Crippen LogP contribution in [0.25, 0.3) is 17.2 Å². The number of halogens is 2. The number of carboxylic acids is 1. The maximum absolute atomic E-state index is 13.5. The molecule has 0 unspecified atom stereocenters. The van der Waals surface area contributed by atoms with Crippen LogP contribution in [0.5, 0.6) is 0 Å². The Morgan fingerprint density at radius 3 is 2.61 bits per heavy atom. The zero-order valence-corrected chi connectivity index (χ0v) is 16.2. The van der Waals surface area contributed by atoms with Gasteiger partial charge in [0.2, 0.25) is 0 Å². The molecule has 28 heavy (non-hydrogen) atoms. The Labute approximate surface area is 169 Å². The van der Waals surface area contributed by atoms with Crippen molar-refractivity contribution in [2.24, 2.45) is 0 Å². The van der Waals surface area contributed by atoms with E-state index < -0.39 is 17.6 Å². The molecule has 1 saturated heterocycles. The lowest BCUT2D eigenvalue weighted by Crippen LogP contribution is -2.29. The molecule has 3 rings (SSSR count). The molecule has 1 aliphatic rings. The smallest absolute Gasteiger partial charge is 0.303 e. The van der Waals surface area contributed by atoms with Gasteiger partial charge in [0, 0.05) is 13.0 Å². The van der Waals surface area contributed by atoms with Crippen LogP contribution < -0.4 is 0 Å². The normalized spacial score (nSPS) is 15.5. The van der Waals surface area contributed by atoms with Crippen LogP contribution in [-0.4, -0.2) is 32.7 Å². The minimum Gasteiger partial charge on any atom is -0.481 e. The summed E-state index contributed by atoms with van der Waals surface area (Å²) in [5.41, 5.74) is 1.92. The minimum absolute atomic E-state index is 0.0353. The summed E-state index contributed by atoms with van der Waals surface area (Å²) in [5, 5.41) is 8.72. The van der Waals surface area contributed by atoms with E-state index in [1.54, 1.807) is 30.3 Å². The summed E-state index contributed by atoms with van der Waals surface area (Å²) >= 11 is 6.37. The van der Waals surface area contributed by atoms with E-state index in [2.05, 4.69) is 0 Å². The average Bonchev–Trinajstić information content (AvgIpc) is 2.91. The first-order chi connectivity index (χ1) is 13.3. The highest BCUT2D eigenvalue weighted by Crippen LogP contribution is 2.33. The van der Waals surface area contributed by atoms with Crippen molar-refractivity contribution >= 4 is 46.3 Å². The highest BCUT2D eigenvalue weighted by atomic mass is 32.2. The van der Waals surface area contributed by atoms with Crippen molar-refractivity contribution in [1.29, 1.82) is 0 Å². The van der Waals surface area contributed by atoms with Crippen LogP contribution in [0.4, 0.5) is 8.78 Å². The number of amides is 1. The Morgan fingerprint density at radius 2 is 1.89 bits per heavy atom. The van der Waals surface area contributed by atoms with Crippen LogP contribution in [0, 0.1) is 11.6 Å². The van der Waals surface area contributed by atoms with Gasteiger partial charge in [0.05, 0.1) is 4.91 Å². The third kappa shape index (κ3) is 4.63. The van der Waals surface area contributed by atoms with Crippen molar-refractivity contribution in [3.63, 3.8) is 0 Å². The van der Waals surface area contributed by atoms with Gasteiger partial charge in [-0.25, -0.2) is 8.78 Å². The van der Waals surface area contributed by atoms with Crippen LogP contribution in [0.1, 0.15) is 18.4 Å². The summed E-state index contributed by atoms with van der Waals surface area (Å²) in [7, 11) is 0. The third-order valence-corrected chi connectivity index (χ3v) is 5.46. The average molecular weight is 419 g/mol. The fourth-order valence-electron chi connectivity index (χ4n) is 2.72. The maximum Gasteiger partial charge on any atom is 0.303 e. The third-order valence-electron chi connectivity index (χ3n) is 4.08. The lowest BCUT2D eigenvalue weighted by atomic mass is 10.0. The van der Waals surface area contributed by atoms with Crippen LogP contribution in [0.2, 0.25) is 0 Å². The summed E-state index contributed by atoms with van der Waals surface area (Å²) in [5.74, 6) is -3.02. The van der Waals surface area contributed by atoms with Gasteiger partial charge < -0.3 is 5.11 Å². The number of carbonyl (C=O) groups excluding carboxylic acids is 1. The second-order valence-corrected chi connectivity index (χ2v) is 7.76. The van der Waals surface area contributed by atoms with Crippen LogP contribution in [-0.2, 0) is 9.59 Å². The van der Waals surface area contributed by atoms with Crippen molar-refractivity contribution < 1.29 is 23.5 Å². The van der Waals surface area contributed by atoms with E-state index in [4.69, 9.17) is 17.3 Å². The van der Waals surface area contributed by atoms with Crippen LogP contribution in [0.15, 0.2) is 47.4 Å². The molecule has 1 amide bonds. The van der Waals surface area contributed by atoms with Gasteiger partial charge in [0.1, 0.15) is 4.32 Å². The van der Waals surface area contributed by atoms with E-state index in [9.17, 15) is 18.4 Å². The zero-order valence-electron chi connectivity index (χ0n) is 14.5.